The first-order chi connectivity index (χ1) is 13.3. The molecule has 2 aromatic carbocycles. The van der Waals surface area contributed by atoms with Gasteiger partial charge in [-0.15, -0.1) is 0 Å². The molecular weight excluding hydrogens is 371 g/mol. The molecule has 0 radical (unpaired) electrons. The highest BCUT2D eigenvalue weighted by Gasteiger charge is 2.34. The summed E-state index contributed by atoms with van der Waals surface area (Å²) in [6.07, 6.45) is -2.73. The van der Waals surface area contributed by atoms with Crippen LogP contribution >= 0.6 is 0 Å². The van der Waals surface area contributed by atoms with E-state index in [-0.39, 0.29) is 18.4 Å². The van der Waals surface area contributed by atoms with Crippen molar-refractivity contribution in [1.29, 1.82) is 0 Å². The van der Waals surface area contributed by atoms with Crippen molar-refractivity contribution < 1.29 is 27.4 Å². The van der Waals surface area contributed by atoms with E-state index in [1.54, 1.807) is 37.3 Å². The topological polar surface area (TPSA) is 38.8 Å². The number of halogens is 3. The van der Waals surface area contributed by atoms with Crippen molar-refractivity contribution in [3.05, 3.63) is 59.2 Å². The lowest BCUT2D eigenvalue weighted by molar-refractivity contribution is -0.138. The molecule has 0 aliphatic heterocycles. The molecule has 0 heterocycles. The van der Waals surface area contributed by atoms with Crippen molar-refractivity contribution in [3.8, 4) is 11.5 Å². The summed E-state index contributed by atoms with van der Waals surface area (Å²) in [7, 11) is 3.11. The number of methoxy groups -OCH3 is 2. The van der Waals surface area contributed by atoms with Gasteiger partial charge in [0.15, 0.2) is 0 Å². The van der Waals surface area contributed by atoms with Crippen LogP contribution in [0.2, 0.25) is 0 Å². The van der Waals surface area contributed by atoms with E-state index in [4.69, 9.17) is 9.47 Å². The molecule has 1 aliphatic carbocycles. The van der Waals surface area contributed by atoms with E-state index in [0.717, 1.165) is 30.5 Å². The third-order valence-electron chi connectivity index (χ3n) is 4.75. The van der Waals surface area contributed by atoms with Crippen LogP contribution in [0.3, 0.4) is 0 Å². The zero-order chi connectivity index (χ0) is 20.3. The fourth-order valence-corrected chi connectivity index (χ4v) is 3.13. The predicted octanol–water partition coefficient (Wildman–Crippen LogP) is 4.46. The van der Waals surface area contributed by atoms with Crippen LogP contribution in [-0.2, 0) is 23.9 Å². The molecule has 2 aromatic rings. The van der Waals surface area contributed by atoms with Gasteiger partial charge >= 0.3 is 6.18 Å². The van der Waals surface area contributed by atoms with Gasteiger partial charge in [0.05, 0.1) is 26.2 Å². The first-order valence-electron chi connectivity index (χ1n) is 8.98. The van der Waals surface area contributed by atoms with Crippen LogP contribution in [-0.4, -0.2) is 31.1 Å². The molecule has 0 atom stereocenters. The molecule has 0 saturated heterocycles. The average Bonchev–Trinajstić information content (AvgIpc) is 3.50. The number of rotatable bonds is 7. The summed E-state index contributed by atoms with van der Waals surface area (Å²) >= 11 is 0. The van der Waals surface area contributed by atoms with Crippen LogP contribution in [0.15, 0.2) is 42.5 Å². The van der Waals surface area contributed by atoms with Crippen molar-refractivity contribution in [3.63, 3.8) is 0 Å². The first kappa shape index (κ1) is 20.0. The maximum absolute atomic E-state index is 12.9. The molecule has 4 nitrogen and oxygen atoms in total. The highest BCUT2D eigenvalue weighted by atomic mass is 19.4. The van der Waals surface area contributed by atoms with Gasteiger partial charge in [0.25, 0.3) is 0 Å². The Morgan fingerprint density at radius 3 is 2.46 bits per heavy atom. The second-order valence-corrected chi connectivity index (χ2v) is 6.81. The number of nitrogens with zero attached hydrogens (tertiary/aromatic N) is 1. The third kappa shape index (κ3) is 4.77. The lowest BCUT2D eigenvalue weighted by atomic mass is 10.1. The van der Waals surface area contributed by atoms with Crippen molar-refractivity contribution >= 4 is 5.91 Å². The van der Waals surface area contributed by atoms with Crippen LogP contribution < -0.4 is 9.47 Å². The molecule has 1 aliphatic rings. The predicted molar refractivity (Wildman–Crippen MR) is 98.3 cm³/mol. The Balaban J connectivity index is 1.79. The Morgan fingerprint density at radius 1 is 1.11 bits per heavy atom. The Hall–Kier alpha value is -2.70. The van der Waals surface area contributed by atoms with Crippen molar-refractivity contribution in [2.45, 2.75) is 38.0 Å². The zero-order valence-corrected chi connectivity index (χ0v) is 15.8. The van der Waals surface area contributed by atoms with E-state index >= 15 is 0 Å². The summed E-state index contributed by atoms with van der Waals surface area (Å²) in [6.45, 7) is 0.322. The van der Waals surface area contributed by atoms with Crippen molar-refractivity contribution in [2.75, 3.05) is 14.2 Å². The summed E-state index contributed by atoms with van der Waals surface area (Å²) in [6, 6.07) is 10.4. The minimum Gasteiger partial charge on any atom is -0.497 e. The lowest BCUT2D eigenvalue weighted by Crippen LogP contribution is -2.34. The number of ether oxygens (including phenoxy) is 2. The number of hydrogen-bond acceptors (Lipinski definition) is 3. The maximum atomic E-state index is 12.9. The number of benzene rings is 2. The lowest BCUT2D eigenvalue weighted by Gasteiger charge is -2.24. The van der Waals surface area contributed by atoms with E-state index in [9.17, 15) is 18.0 Å². The SMILES string of the molecule is COc1ccc(OC)c(CN(C(=O)Cc2cccc(C(F)(F)F)c2)C2CC2)c1. The normalized spacial score (nSPS) is 13.9. The Morgan fingerprint density at radius 2 is 1.86 bits per heavy atom. The van der Waals surface area contributed by atoms with Gasteiger partial charge in [-0.2, -0.15) is 13.2 Å². The zero-order valence-electron chi connectivity index (χ0n) is 15.8. The smallest absolute Gasteiger partial charge is 0.416 e. The van der Waals surface area contributed by atoms with Gasteiger partial charge in [0.1, 0.15) is 11.5 Å². The van der Waals surface area contributed by atoms with Gasteiger partial charge in [0, 0.05) is 18.2 Å². The Kier molecular flexibility index (Phi) is 5.82. The van der Waals surface area contributed by atoms with E-state index in [1.165, 1.54) is 6.07 Å². The monoisotopic (exact) mass is 393 g/mol. The summed E-state index contributed by atoms with van der Waals surface area (Å²) in [5.74, 6) is 1.09. The van der Waals surface area contributed by atoms with E-state index in [0.29, 0.717) is 23.6 Å². The van der Waals surface area contributed by atoms with Gasteiger partial charge in [-0.25, -0.2) is 0 Å². The molecule has 0 unspecified atom stereocenters. The maximum Gasteiger partial charge on any atom is 0.416 e. The molecule has 150 valence electrons. The summed E-state index contributed by atoms with van der Waals surface area (Å²) < 4.78 is 49.4. The minimum atomic E-state index is -4.43. The Bertz CT molecular complexity index is 847. The average molecular weight is 393 g/mol. The quantitative estimate of drug-likeness (QED) is 0.697. The molecule has 3 rings (SSSR count). The fraction of sp³-hybridized carbons (Fsp3) is 0.381. The summed E-state index contributed by atoms with van der Waals surface area (Å²) in [5.41, 5.74) is 0.402. The van der Waals surface area contributed by atoms with Crippen LogP contribution in [0.4, 0.5) is 13.2 Å². The van der Waals surface area contributed by atoms with E-state index in [2.05, 4.69) is 0 Å². The van der Waals surface area contributed by atoms with Crippen LogP contribution in [0, 0.1) is 0 Å². The standard InChI is InChI=1S/C21H22F3NO3/c1-27-18-8-9-19(28-2)15(12-18)13-25(17-6-7-17)20(26)11-14-4-3-5-16(10-14)21(22,23)24/h3-5,8-10,12,17H,6-7,11,13H2,1-2H3. The summed E-state index contributed by atoms with van der Waals surface area (Å²) in [5, 5.41) is 0. The largest absolute Gasteiger partial charge is 0.497 e. The number of alkyl halides is 3. The number of carbonyl (C=O) groups is 1. The number of hydrogen-bond donors (Lipinski definition) is 0. The molecule has 0 bridgehead atoms. The van der Waals surface area contributed by atoms with Gasteiger partial charge in [-0.1, -0.05) is 18.2 Å². The molecule has 0 spiro atoms. The molecule has 7 heteroatoms. The molecule has 0 aromatic heterocycles. The number of carbonyl (C=O) groups excluding carboxylic acids is 1. The molecule has 1 fully saturated rings. The number of amides is 1. The highest BCUT2D eigenvalue weighted by molar-refractivity contribution is 5.79. The van der Waals surface area contributed by atoms with Crippen LogP contribution in [0.5, 0.6) is 11.5 Å². The second kappa shape index (κ2) is 8.12. The summed E-state index contributed by atoms with van der Waals surface area (Å²) in [4.78, 5) is 14.6. The molecule has 0 N–H and O–H groups in total. The molecular formula is C21H22F3NO3. The Labute approximate surface area is 161 Å². The molecule has 1 amide bonds. The first-order valence-corrected chi connectivity index (χ1v) is 8.98. The van der Waals surface area contributed by atoms with Crippen molar-refractivity contribution in [2.24, 2.45) is 0 Å². The highest BCUT2D eigenvalue weighted by Crippen LogP contribution is 2.33. The van der Waals surface area contributed by atoms with Gasteiger partial charge in [-0.05, 0) is 42.7 Å². The van der Waals surface area contributed by atoms with Gasteiger partial charge in [0.2, 0.25) is 5.91 Å². The molecule has 28 heavy (non-hydrogen) atoms. The van der Waals surface area contributed by atoms with Gasteiger partial charge in [-0.3, -0.25) is 4.79 Å². The second-order valence-electron chi connectivity index (χ2n) is 6.81. The van der Waals surface area contributed by atoms with Crippen molar-refractivity contribution in [1.82, 2.24) is 4.90 Å². The fourth-order valence-electron chi connectivity index (χ4n) is 3.13. The van der Waals surface area contributed by atoms with Gasteiger partial charge < -0.3 is 14.4 Å². The van der Waals surface area contributed by atoms with Crippen LogP contribution in [0.1, 0.15) is 29.5 Å². The molecule has 1 saturated carbocycles. The third-order valence-corrected chi connectivity index (χ3v) is 4.75. The van der Waals surface area contributed by atoms with E-state index < -0.39 is 11.7 Å². The van der Waals surface area contributed by atoms with Crippen LogP contribution in [0.25, 0.3) is 0 Å². The minimum absolute atomic E-state index is 0.0767. The van der Waals surface area contributed by atoms with E-state index in [1.807, 2.05) is 6.07 Å².